The quantitative estimate of drug-likeness (QED) is 0.161. The van der Waals surface area contributed by atoms with Crippen molar-refractivity contribution in [3.63, 3.8) is 0 Å². The van der Waals surface area contributed by atoms with E-state index in [1.165, 1.54) is 7.11 Å². The summed E-state index contributed by atoms with van der Waals surface area (Å²) in [5.74, 6) is 0.653. The number of aromatic nitrogens is 7. The molecule has 0 bridgehead atoms. The molecule has 1 aliphatic rings. The van der Waals surface area contributed by atoms with Gasteiger partial charge in [-0.2, -0.15) is 5.10 Å². The monoisotopic (exact) mass is 682 g/mol. The van der Waals surface area contributed by atoms with Crippen LogP contribution in [0.1, 0.15) is 59.9 Å². The summed E-state index contributed by atoms with van der Waals surface area (Å²) in [7, 11) is 1.34. The number of furan rings is 1. The van der Waals surface area contributed by atoms with E-state index in [-0.39, 0.29) is 24.5 Å². The van der Waals surface area contributed by atoms with Gasteiger partial charge >= 0.3 is 5.97 Å². The molecule has 1 amide bonds. The molecule has 5 aromatic heterocycles. The lowest BCUT2D eigenvalue weighted by molar-refractivity contribution is -0.145. The van der Waals surface area contributed by atoms with Gasteiger partial charge in [0.1, 0.15) is 23.3 Å². The first-order valence-electron chi connectivity index (χ1n) is 17.1. The third kappa shape index (κ3) is 5.66. The SMILES string of the molecule is COC(=O)[C@@H]1C[C@@H](n2cc(Cn3c(-c4ccccc4)cc4ccccc43)nn2)CN1C(=O)c1cc(-c2cc(C)oc2C)nc2c1cnn2C(C)C. The highest BCUT2D eigenvalue weighted by Crippen LogP contribution is 2.35. The number of pyridine rings is 1. The molecule has 0 unspecified atom stereocenters. The lowest BCUT2D eigenvalue weighted by atomic mass is 10.1. The zero-order valence-corrected chi connectivity index (χ0v) is 29.1. The summed E-state index contributed by atoms with van der Waals surface area (Å²) in [6, 6.07) is 23.3. The number of nitrogens with zero attached hydrogens (tertiary/aromatic N) is 8. The van der Waals surface area contributed by atoms with Crippen LogP contribution in [0, 0.1) is 13.8 Å². The Kier molecular flexibility index (Phi) is 8.01. The number of benzene rings is 2. The van der Waals surface area contributed by atoms with Crippen molar-refractivity contribution < 1.29 is 18.7 Å². The maximum absolute atomic E-state index is 14.6. The van der Waals surface area contributed by atoms with Gasteiger partial charge in [0.15, 0.2) is 5.65 Å². The molecule has 6 heterocycles. The van der Waals surface area contributed by atoms with Crippen LogP contribution < -0.4 is 0 Å². The Bertz CT molecular complexity index is 2420. The number of hydrogen-bond acceptors (Lipinski definition) is 8. The van der Waals surface area contributed by atoms with Gasteiger partial charge in [0, 0.05) is 41.2 Å². The van der Waals surface area contributed by atoms with E-state index >= 15 is 0 Å². The molecule has 12 heteroatoms. The largest absolute Gasteiger partial charge is 0.467 e. The van der Waals surface area contributed by atoms with E-state index in [4.69, 9.17) is 14.1 Å². The number of fused-ring (bicyclic) bond motifs is 2. The Morgan fingerprint density at radius 3 is 2.55 bits per heavy atom. The Morgan fingerprint density at radius 2 is 1.80 bits per heavy atom. The fourth-order valence-electron chi connectivity index (χ4n) is 7.30. The number of carbonyl (C=O) groups excluding carboxylic acids is 2. The zero-order chi connectivity index (χ0) is 35.4. The van der Waals surface area contributed by atoms with Crippen LogP contribution in [0.3, 0.4) is 0 Å². The summed E-state index contributed by atoms with van der Waals surface area (Å²) >= 11 is 0. The molecule has 2 aromatic carbocycles. The van der Waals surface area contributed by atoms with E-state index in [9.17, 15) is 9.59 Å². The van der Waals surface area contributed by atoms with Gasteiger partial charge in [0.2, 0.25) is 0 Å². The number of para-hydroxylation sites is 1. The number of aryl methyl sites for hydroxylation is 2. The van der Waals surface area contributed by atoms with Crippen LogP contribution in [-0.4, -0.2) is 70.8 Å². The zero-order valence-electron chi connectivity index (χ0n) is 29.1. The molecule has 0 aliphatic carbocycles. The second-order valence-electron chi connectivity index (χ2n) is 13.4. The first kappa shape index (κ1) is 32.2. The highest BCUT2D eigenvalue weighted by atomic mass is 16.5. The Labute approximate surface area is 294 Å². The maximum Gasteiger partial charge on any atom is 0.328 e. The Balaban J connectivity index is 1.13. The molecule has 2 atom stereocenters. The van der Waals surface area contributed by atoms with Gasteiger partial charge in [-0.25, -0.2) is 19.1 Å². The third-order valence-corrected chi connectivity index (χ3v) is 9.75. The Morgan fingerprint density at radius 1 is 1.02 bits per heavy atom. The van der Waals surface area contributed by atoms with E-state index in [2.05, 4.69) is 50.3 Å². The third-order valence-electron chi connectivity index (χ3n) is 9.75. The van der Waals surface area contributed by atoms with Crippen LogP contribution in [-0.2, 0) is 16.1 Å². The number of methoxy groups -OCH3 is 1. The molecule has 1 saturated heterocycles. The highest BCUT2D eigenvalue weighted by Gasteiger charge is 2.42. The summed E-state index contributed by atoms with van der Waals surface area (Å²) < 4.78 is 16.9. The van der Waals surface area contributed by atoms with Crippen molar-refractivity contribution >= 4 is 33.8 Å². The molecule has 1 fully saturated rings. The predicted octanol–water partition coefficient (Wildman–Crippen LogP) is 6.78. The van der Waals surface area contributed by atoms with Crippen molar-refractivity contribution in [2.45, 2.75) is 58.8 Å². The second kappa shape index (κ2) is 12.7. The van der Waals surface area contributed by atoms with Crippen LogP contribution in [0.15, 0.2) is 89.6 Å². The van der Waals surface area contributed by atoms with E-state index in [1.807, 2.05) is 70.3 Å². The van der Waals surface area contributed by atoms with Crippen molar-refractivity contribution in [1.82, 2.24) is 39.2 Å². The molecule has 1 aliphatic heterocycles. The van der Waals surface area contributed by atoms with Gasteiger partial charge in [-0.05, 0) is 57.5 Å². The van der Waals surface area contributed by atoms with E-state index < -0.39 is 12.0 Å². The molecule has 12 nitrogen and oxygen atoms in total. The molecule has 51 heavy (non-hydrogen) atoms. The number of esters is 1. The number of carbonyl (C=O) groups is 2. The molecule has 8 rings (SSSR count). The first-order valence-corrected chi connectivity index (χ1v) is 17.1. The van der Waals surface area contributed by atoms with Gasteiger partial charge in [0.25, 0.3) is 5.91 Å². The van der Waals surface area contributed by atoms with Crippen molar-refractivity contribution in [2.24, 2.45) is 0 Å². The summed E-state index contributed by atoms with van der Waals surface area (Å²) in [4.78, 5) is 34.4. The molecule has 0 spiro atoms. The molecule has 0 radical (unpaired) electrons. The number of amides is 1. The number of likely N-dealkylation sites (tertiary alicyclic amines) is 1. The summed E-state index contributed by atoms with van der Waals surface area (Å²) in [5.41, 5.74) is 6.44. The average Bonchev–Trinajstić information content (AvgIpc) is 3.98. The molecule has 0 N–H and O–H groups in total. The van der Waals surface area contributed by atoms with Crippen molar-refractivity contribution in [3.05, 3.63) is 108 Å². The smallest absolute Gasteiger partial charge is 0.328 e. The number of hydrogen-bond donors (Lipinski definition) is 0. The van der Waals surface area contributed by atoms with Crippen molar-refractivity contribution in [3.8, 4) is 22.5 Å². The average molecular weight is 683 g/mol. The molecular formula is C39H38N8O4. The van der Waals surface area contributed by atoms with Crippen LogP contribution in [0.2, 0.25) is 0 Å². The van der Waals surface area contributed by atoms with Gasteiger partial charge < -0.3 is 18.6 Å². The Hall–Kier alpha value is -6.04. The van der Waals surface area contributed by atoms with Gasteiger partial charge in [-0.3, -0.25) is 4.79 Å². The molecule has 7 aromatic rings. The van der Waals surface area contributed by atoms with Crippen LogP contribution in [0.5, 0.6) is 0 Å². The van der Waals surface area contributed by atoms with Gasteiger partial charge in [0.05, 0.1) is 48.7 Å². The second-order valence-corrected chi connectivity index (χ2v) is 13.4. The number of rotatable bonds is 8. The van der Waals surface area contributed by atoms with E-state index in [0.29, 0.717) is 41.0 Å². The predicted molar refractivity (Wildman–Crippen MR) is 192 cm³/mol. The normalized spacial score (nSPS) is 16.2. The summed E-state index contributed by atoms with van der Waals surface area (Å²) in [6.45, 7) is 8.52. The minimum absolute atomic E-state index is 0.00850. The highest BCUT2D eigenvalue weighted by molar-refractivity contribution is 6.07. The topological polar surface area (TPSA) is 126 Å². The fourth-order valence-corrected chi connectivity index (χ4v) is 7.30. The summed E-state index contributed by atoms with van der Waals surface area (Å²) in [6.07, 6.45) is 3.91. The lowest BCUT2D eigenvalue weighted by Crippen LogP contribution is -2.41. The first-order chi connectivity index (χ1) is 24.7. The van der Waals surface area contributed by atoms with Crippen molar-refractivity contribution in [2.75, 3.05) is 13.7 Å². The van der Waals surface area contributed by atoms with Crippen LogP contribution >= 0.6 is 0 Å². The molecule has 258 valence electrons. The lowest BCUT2D eigenvalue weighted by Gasteiger charge is -2.23. The van der Waals surface area contributed by atoms with Crippen LogP contribution in [0.25, 0.3) is 44.5 Å². The van der Waals surface area contributed by atoms with E-state index in [0.717, 1.165) is 39.2 Å². The van der Waals surface area contributed by atoms with Crippen molar-refractivity contribution in [1.29, 1.82) is 0 Å². The fraction of sp³-hybridized carbons (Fsp3) is 0.282. The van der Waals surface area contributed by atoms with Gasteiger partial charge in [-0.1, -0.05) is 53.7 Å². The summed E-state index contributed by atoms with van der Waals surface area (Å²) in [5, 5.41) is 15.4. The van der Waals surface area contributed by atoms with Crippen LogP contribution in [0.4, 0.5) is 0 Å². The van der Waals surface area contributed by atoms with E-state index in [1.54, 1.807) is 26.5 Å². The number of ether oxygens (including phenoxy) is 1. The standard InChI is InChI=1S/C39H38N8O4/c1-23(2)47-37-32(19-40-47)31(18-33(41-37)30-15-24(3)51-25(30)4)38(48)45-22-29(17-36(45)39(49)50-5)46-21-28(42-43-46)20-44-34-14-10-9-13-27(34)16-35(44)26-11-7-6-8-12-26/h6-16,18-19,21,23,29,36H,17,20,22H2,1-5H3/t29-,36+/m1/s1. The molecular weight excluding hydrogens is 644 g/mol. The molecule has 0 saturated carbocycles. The minimum Gasteiger partial charge on any atom is -0.467 e. The van der Waals surface area contributed by atoms with Gasteiger partial charge in [-0.15, -0.1) is 5.10 Å². The maximum atomic E-state index is 14.6. The minimum atomic E-state index is -0.817.